The third kappa shape index (κ3) is 3.09. The number of cyclic esters (lactones) is 1. The predicted octanol–water partition coefficient (Wildman–Crippen LogP) is 1.65. The lowest BCUT2D eigenvalue weighted by atomic mass is 10.1. The van der Waals surface area contributed by atoms with Crippen LogP contribution in [0, 0.1) is 0 Å². The highest BCUT2D eigenvalue weighted by Gasteiger charge is 2.40. The van der Waals surface area contributed by atoms with Crippen LogP contribution in [0.15, 0.2) is 12.1 Å². The van der Waals surface area contributed by atoms with E-state index in [1.165, 1.54) is 14.2 Å². The van der Waals surface area contributed by atoms with Crippen molar-refractivity contribution in [3.8, 4) is 11.5 Å². The molecule has 0 radical (unpaired) electrons. The molecule has 1 aromatic rings. The van der Waals surface area contributed by atoms with E-state index in [9.17, 15) is 9.59 Å². The Kier molecular flexibility index (Phi) is 4.98. The lowest BCUT2D eigenvalue weighted by Crippen LogP contribution is -2.49. The van der Waals surface area contributed by atoms with Crippen LogP contribution < -0.4 is 9.47 Å². The minimum Gasteiger partial charge on any atom is -0.493 e. The van der Waals surface area contributed by atoms with Gasteiger partial charge in [-0.05, 0) is 19.1 Å². The summed E-state index contributed by atoms with van der Waals surface area (Å²) in [5, 5.41) is 0. The molecule has 1 fully saturated rings. The summed E-state index contributed by atoms with van der Waals surface area (Å²) in [6, 6.07) is 3.59. The molecular formula is C17H22N2O6. The molecule has 0 aromatic heterocycles. The molecule has 1 aromatic carbocycles. The highest BCUT2D eigenvalue weighted by molar-refractivity contribution is 5.98. The molecule has 25 heavy (non-hydrogen) atoms. The van der Waals surface area contributed by atoms with Gasteiger partial charge in [-0.25, -0.2) is 9.59 Å². The molecule has 136 valence electrons. The van der Waals surface area contributed by atoms with Crippen LogP contribution >= 0.6 is 0 Å². The first-order chi connectivity index (χ1) is 12.1. The summed E-state index contributed by atoms with van der Waals surface area (Å²) in [6.45, 7) is 4.36. The molecule has 0 N–H and O–H groups in total. The van der Waals surface area contributed by atoms with Gasteiger partial charge in [-0.3, -0.25) is 4.90 Å². The van der Waals surface area contributed by atoms with Crippen molar-refractivity contribution in [3.05, 3.63) is 23.3 Å². The molecule has 2 heterocycles. The van der Waals surface area contributed by atoms with Crippen LogP contribution in [0.1, 0.15) is 29.1 Å². The van der Waals surface area contributed by atoms with Crippen molar-refractivity contribution in [1.82, 2.24) is 9.80 Å². The molecule has 0 saturated carbocycles. The van der Waals surface area contributed by atoms with Gasteiger partial charge in [0.2, 0.25) is 0 Å². The molecule has 8 nitrogen and oxygen atoms in total. The average Bonchev–Trinajstić information content (AvgIpc) is 2.98. The van der Waals surface area contributed by atoms with Crippen LogP contribution in [0.2, 0.25) is 0 Å². The van der Waals surface area contributed by atoms with Crippen LogP contribution in [0.4, 0.5) is 4.79 Å². The molecule has 8 heteroatoms. The van der Waals surface area contributed by atoms with Gasteiger partial charge in [-0.15, -0.1) is 0 Å². The molecule has 3 rings (SSSR count). The third-order valence-electron chi connectivity index (χ3n) is 4.44. The number of esters is 1. The minimum absolute atomic E-state index is 0.308. The maximum absolute atomic E-state index is 12.4. The first kappa shape index (κ1) is 17.3. The molecule has 1 atom stereocenters. The number of fused-ring (bicyclic) bond motifs is 1. The molecule has 2 aliphatic heterocycles. The Balaban J connectivity index is 1.77. The van der Waals surface area contributed by atoms with Gasteiger partial charge in [0.15, 0.2) is 17.7 Å². The highest BCUT2D eigenvalue weighted by Crippen LogP contribution is 2.43. The van der Waals surface area contributed by atoms with Gasteiger partial charge in [-0.1, -0.05) is 0 Å². The topological polar surface area (TPSA) is 77.5 Å². The third-order valence-corrected chi connectivity index (χ3v) is 4.44. The standard InChI is InChI=1S/C17H22N2O6/c1-4-24-17(21)19-9-7-18(8-10-19)15-11-5-6-12(22-2)14(23-3)13(11)16(20)25-15/h5-6,15H,4,7-10H2,1-3H3/t15-/m1/s1. The van der Waals surface area contributed by atoms with Gasteiger partial charge in [0, 0.05) is 31.7 Å². The Morgan fingerprint density at radius 3 is 2.52 bits per heavy atom. The van der Waals surface area contributed by atoms with Gasteiger partial charge in [0.1, 0.15) is 5.56 Å². The average molecular weight is 350 g/mol. The van der Waals surface area contributed by atoms with Gasteiger partial charge >= 0.3 is 12.1 Å². The fourth-order valence-electron chi connectivity index (χ4n) is 3.21. The van der Waals surface area contributed by atoms with Crippen molar-refractivity contribution in [2.24, 2.45) is 0 Å². The van der Waals surface area contributed by atoms with Crippen LogP contribution in [0.5, 0.6) is 11.5 Å². The lowest BCUT2D eigenvalue weighted by molar-refractivity contribution is -0.0402. The van der Waals surface area contributed by atoms with Gasteiger partial charge in [0.05, 0.1) is 20.8 Å². The number of benzene rings is 1. The second-order valence-electron chi connectivity index (χ2n) is 5.74. The van der Waals surface area contributed by atoms with Crippen molar-refractivity contribution in [2.75, 3.05) is 47.0 Å². The summed E-state index contributed by atoms with van der Waals surface area (Å²) in [4.78, 5) is 27.8. The second kappa shape index (κ2) is 7.18. The van der Waals surface area contributed by atoms with Crippen molar-refractivity contribution < 1.29 is 28.5 Å². The van der Waals surface area contributed by atoms with E-state index >= 15 is 0 Å². The van der Waals surface area contributed by atoms with Crippen molar-refractivity contribution >= 4 is 12.1 Å². The normalized spacial score (nSPS) is 20.0. The van der Waals surface area contributed by atoms with Crippen LogP contribution in [-0.4, -0.2) is 68.9 Å². The predicted molar refractivity (Wildman–Crippen MR) is 87.9 cm³/mol. The van der Waals surface area contributed by atoms with E-state index in [1.807, 2.05) is 11.0 Å². The summed E-state index contributed by atoms with van der Waals surface area (Å²) in [7, 11) is 3.02. The summed E-state index contributed by atoms with van der Waals surface area (Å²) in [5.74, 6) is 0.451. The highest BCUT2D eigenvalue weighted by atomic mass is 16.6. The van der Waals surface area contributed by atoms with Gasteiger partial charge in [0.25, 0.3) is 0 Å². The van der Waals surface area contributed by atoms with E-state index in [0.717, 1.165) is 5.56 Å². The Morgan fingerprint density at radius 2 is 1.92 bits per heavy atom. The quantitative estimate of drug-likeness (QED) is 0.764. The van der Waals surface area contributed by atoms with E-state index in [2.05, 4.69) is 0 Å². The van der Waals surface area contributed by atoms with E-state index in [0.29, 0.717) is 49.8 Å². The summed E-state index contributed by atoms with van der Waals surface area (Å²) >= 11 is 0. The number of carbonyl (C=O) groups excluding carboxylic acids is 2. The van der Waals surface area contributed by atoms with E-state index in [4.69, 9.17) is 18.9 Å². The lowest BCUT2D eigenvalue weighted by Gasteiger charge is -2.36. The van der Waals surface area contributed by atoms with Gasteiger partial charge in [-0.2, -0.15) is 0 Å². The fraction of sp³-hybridized carbons (Fsp3) is 0.529. The number of piperazine rings is 1. The number of ether oxygens (including phenoxy) is 4. The molecule has 1 amide bonds. The minimum atomic E-state index is -0.480. The first-order valence-electron chi connectivity index (χ1n) is 8.22. The smallest absolute Gasteiger partial charge is 0.409 e. The molecule has 0 unspecified atom stereocenters. The molecule has 0 spiro atoms. The van der Waals surface area contributed by atoms with Crippen LogP contribution in [-0.2, 0) is 9.47 Å². The van der Waals surface area contributed by atoms with Crippen molar-refractivity contribution in [3.63, 3.8) is 0 Å². The van der Waals surface area contributed by atoms with E-state index < -0.39 is 12.2 Å². The largest absolute Gasteiger partial charge is 0.493 e. The van der Waals surface area contributed by atoms with E-state index in [1.54, 1.807) is 17.9 Å². The zero-order valence-electron chi connectivity index (χ0n) is 14.6. The number of carbonyl (C=O) groups is 2. The molecule has 2 aliphatic rings. The molecule has 0 aliphatic carbocycles. The maximum atomic E-state index is 12.4. The number of hydrogen-bond acceptors (Lipinski definition) is 7. The first-order valence-corrected chi connectivity index (χ1v) is 8.22. The summed E-state index contributed by atoms with van der Waals surface area (Å²) in [5.41, 5.74) is 1.16. The van der Waals surface area contributed by atoms with Crippen LogP contribution in [0.3, 0.4) is 0 Å². The number of nitrogens with zero attached hydrogens (tertiary/aromatic N) is 2. The second-order valence-corrected chi connectivity index (χ2v) is 5.74. The maximum Gasteiger partial charge on any atom is 0.409 e. The van der Waals surface area contributed by atoms with Gasteiger partial charge < -0.3 is 23.8 Å². The Hall–Kier alpha value is -2.48. The monoisotopic (exact) mass is 350 g/mol. The van der Waals surface area contributed by atoms with Crippen molar-refractivity contribution in [2.45, 2.75) is 13.2 Å². The molecule has 1 saturated heterocycles. The zero-order valence-corrected chi connectivity index (χ0v) is 14.6. The Bertz CT molecular complexity index is 669. The summed E-state index contributed by atoms with van der Waals surface area (Å²) in [6.07, 6.45) is -0.788. The Morgan fingerprint density at radius 1 is 1.20 bits per heavy atom. The SMILES string of the molecule is CCOC(=O)N1CCN([C@@H]2OC(=O)c3c2ccc(OC)c3OC)CC1. The number of hydrogen-bond donors (Lipinski definition) is 0. The zero-order chi connectivity index (χ0) is 18.0. The summed E-state index contributed by atoms with van der Waals surface area (Å²) < 4.78 is 21.2. The molecular weight excluding hydrogens is 328 g/mol. The van der Waals surface area contributed by atoms with Crippen molar-refractivity contribution in [1.29, 1.82) is 0 Å². The number of amides is 1. The number of methoxy groups -OCH3 is 2. The molecule has 0 bridgehead atoms. The van der Waals surface area contributed by atoms with E-state index in [-0.39, 0.29) is 6.09 Å². The fourth-order valence-corrected chi connectivity index (χ4v) is 3.21. The number of rotatable bonds is 4. The Labute approximate surface area is 146 Å². The van der Waals surface area contributed by atoms with Crippen LogP contribution in [0.25, 0.3) is 0 Å².